The van der Waals surface area contributed by atoms with Crippen molar-refractivity contribution in [3.05, 3.63) is 29.8 Å². The fourth-order valence-corrected chi connectivity index (χ4v) is 2.06. The van der Waals surface area contributed by atoms with E-state index >= 15 is 0 Å². The highest BCUT2D eigenvalue weighted by Crippen LogP contribution is 2.18. The third kappa shape index (κ3) is 5.30. The van der Waals surface area contributed by atoms with Gasteiger partial charge in [0.2, 0.25) is 5.91 Å². The Morgan fingerprint density at radius 3 is 2.68 bits per heavy atom. The van der Waals surface area contributed by atoms with Crippen LogP contribution in [0.4, 0.5) is 5.69 Å². The van der Waals surface area contributed by atoms with Gasteiger partial charge in [0.1, 0.15) is 0 Å². The maximum Gasteiger partial charge on any atom is 0.234 e. The van der Waals surface area contributed by atoms with Crippen LogP contribution in [-0.4, -0.2) is 37.0 Å². The maximum atomic E-state index is 11.6. The van der Waals surface area contributed by atoms with Crippen molar-refractivity contribution in [2.45, 2.75) is 31.7 Å². The van der Waals surface area contributed by atoms with Crippen molar-refractivity contribution in [2.75, 3.05) is 25.9 Å². The van der Waals surface area contributed by atoms with E-state index in [9.17, 15) is 4.79 Å². The molecule has 0 unspecified atom stereocenters. The Balaban J connectivity index is 1.61. The molecule has 0 atom stereocenters. The van der Waals surface area contributed by atoms with Crippen molar-refractivity contribution in [2.24, 2.45) is 0 Å². The Morgan fingerprint density at radius 2 is 2.05 bits per heavy atom. The van der Waals surface area contributed by atoms with Gasteiger partial charge in [0.25, 0.3) is 0 Å². The summed E-state index contributed by atoms with van der Waals surface area (Å²) in [5.74, 6) is 0.150. The smallest absolute Gasteiger partial charge is 0.234 e. The highest BCUT2D eigenvalue weighted by atomic mass is 16.2. The van der Waals surface area contributed by atoms with Crippen molar-refractivity contribution in [1.29, 1.82) is 0 Å². The lowest BCUT2D eigenvalue weighted by Gasteiger charge is -2.16. The summed E-state index contributed by atoms with van der Waals surface area (Å²) in [6.45, 7) is 1.43. The van der Waals surface area contributed by atoms with Gasteiger partial charge in [-0.15, -0.1) is 0 Å². The molecule has 1 fully saturated rings. The molecule has 0 aromatic heterocycles. The summed E-state index contributed by atoms with van der Waals surface area (Å²) < 4.78 is 0. The second-order valence-corrected chi connectivity index (χ2v) is 5.42. The van der Waals surface area contributed by atoms with Crippen molar-refractivity contribution >= 4 is 11.6 Å². The molecular formula is C15H23N3O. The Labute approximate surface area is 115 Å². The molecule has 0 spiro atoms. The predicted molar refractivity (Wildman–Crippen MR) is 77.8 cm³/mol. The van der Waals surface area contributed by atoms with Crippen LogP contribution in [-0.2, 0) is 11.2 Å². The standard InChI is InChI=1S/C15H23N3O/c1-18(11-15(19)17-14-8-9-14)10-2-3-12-4-6-13(16)7-5-12/h4-7,14H,2-3,8-11,16H2,1H3,(H,17,19). The molecular weight excluding hydrogens is 238 g/mol. The van der Waals surface area contributed by atoms with Crippen LogP contribution in [0.5, 0.6) is 0 Å². The molecule has 1 aromatic rings. The number of nitrogens with two attached hydrogens (primary N) is 1. The molecule has 4 nitrogen and oxygen atoms in total. The molecule has 1 aromatic carbocycles. The van der Waals surface area contributed by atoms with Crippen LogP contribution in [0.15, 0.2) is 24.3 Å². The van der Waals surface area contributed by atoms with E-state index < -0.39 is 0 Å². The minimum Gasteiger partial charge on any atom is -0.399 e. The fraction of sp³-hybridized carbons (Fsp3) is 0.533. The first-order valence-electron chi connectivity index (χ1n) is 6.96. The van der Waals surface area contributed by atoms with Crippen molar-refractivity contribution in [3.8, 4) is 0 Å². The average Bonchev–Trinajstić information content (AvgIpc) is 3.15. The number of benzene rings is 1. The van der Waals surface area contributed by atoms with Gasteiger partial charge in [-0.1, -0.05) is 12.1 Å². The van der Waals surface area contributed by atoms with Crippen molar-refractivity contribution < 1.29 is 4.79 Å². The quantitative estimate of drug-likeness (QED) is 0.730. The third-order valence-corrected chi connectivity index (χ3v) is 3.34. The number of nitrogens with zero attached hydrogens (tertiary/aromatic N) is 1. The fourth-order valence-electron chi connectivity index (χ4n) is 2.06. The Kier molecular flexibility index (Phi) is 4.80. The highest BCUT2D eigenvalue weighted by Gasteiger charge is 2.23. The average molecular weight is 261 g/mol. The number of likely N-dealkylation sites (N-methyl/N-ethyl adjacent to an activating group) is 1. The maximum absolute atomic E-state index is 11.6. The first-order valence-corrected chi connectivity index (χ1v) is 6.96. The van der Waals surface area contributed by atoms with E-state index in [0.717, 1.165) is 37.9 Å². The lowest BCUT2D eigenvalue weighted by molar-refractivity contribution is -0.122. The van der Waals surface area contributed by atoms with Gasteiger partial charge in [-0.3, -0.25) is 9.69 Å². The molecule has 19 heavy (non-hydrogen) atoms. The molecule has 0 bridgehead atoms. The summed E-state index contributed by atoms with van der Waals surface area (Å²) in [5.41, 5.74) is 7.75. The Hall–Kier alpha value is -1.55. The molecule has 0 heterocycles. The second-order valence-electron chi connectivity index (χ2n) is 5.42. The molecule has 1 aliphatic carbocycles. The second kappa shape index (κ2) is 6.57. The van der Waals surface area contributed by atoms with Crippen molar-refractivity contribution in [1.82, 2.24) is 10.2 Å². The topological polar surface area (TPSA) is 58.4 Å². The molecule has 1 amide bonds. The van der Waals surface area contributed by atoms with Gasteiger partial charge >= 0.3 is 0 Å². The Morgan fingerprint density at radius 1 is 1.37 bits per heavy atom. The van der Waals surface area contributed by atoms with Gasteiger partial charge in [-0.2, -0.15) is 0 Å². The molecule has 0 aliphatic heterocycles. The van der Waals surface area contributed by atoms with Gasteiger partial charge in [0, 0.05) is 11.7 Å². The number of rotatable bonds is 7. The zero-order valence-electron chi connectivity index (χ0n) is 11.6. The molecule has 0 radical (unpaired) electrons. The van der Waals surface area contributed by atoms with Crippen LogP contribution < -0.4 is 11.1 Å². The lowest BCUT2D eigenvalue weighted by Crippen LogP contribution is -2.36. The first kappa shape index (κ1) is 13.9. The largest absolute Gasteiger partial charge is 0.399 e. The number of aryl methyl sites for hydroxylation is 1. The minimum atomic E-state index is 0.150. The first-order chi connectivity index (χ1) is 9.13. The van der Waals surface area contributed by atoms with Gasteiger partial charge in [-0.25, -0.2) is 0 Å². The zero-order valence-corrected chi connectivity index (χ0v) is 11.6. The van der Waals surface area contributed by atoms with Gasteiger partial charge in [-0.05, 0) is 57.0 Å². The van der Waals surface area contributed by atoms with Crippen LogP contribution >= 0.6 is 0 Å². The number of carbonyl (C=O) groups excluding carboxylic acids is 1. The van der Waals surface area contributed by atoms with Gasteiger partial charge in [0.15, 0.2) is 0 Å². The Bertz CT molecular complexity index is 412. The SMILES string of the molecule is CN(CCCc1ccc(N)cc1)CC(=O)NC1CC1. The van der Waals surface area contributed by atoms with Crippen molar-refractivity contribution in [3.63, 3.8) is 0 Å². The van der Waals surface area contributed by atoms with E-state index in [4.69, 9.17) is 5.73 Å². The van der Waals surface area contributed by atoms with Crippen LogP contribution in [0.2, 0.25) is 0 Å². The summed E-state index contributed by atoms with van der Waals surface area (Å²) in [6.07, 6.45) is 4.37. The summed E-state index contributed by atoms with van der Waals surface area (Å²) >= 11 is 0. The van der Waals surface area contributed by atoms with Crippen LogP contribution in [0, 0.1) is 0 Å². The normalized spacial score (nSPS) is 14.6. The predicted octanol–water partition coefficient (Wildman–Crippen LogP) is 1.41. The summed E-state index contributed by atoms with van der Waals surface area (Å²) in [6, 6.07) is 8.45. The van der Waals surface area contributed by atoms with E-state index in [1.807, 2.05) is 19.2 Å². The molecule has 1 saturated carbocycles. The van der Waals surface area contributed by atoms with E-state index in [-0.39, 0.29) is 5.91 Å². The number of anilines is 1. The minimum absolute atomic E-state index is 0.150. The lowest BCUT2D eigenvalue weighted by atomic mass is 10.1. The zero-order chi connectivity index (χ0) is 13.7. The third-order valence-electron chi connectivity index (χ3n) is 3.34. The monoisotopic (exact) mass is 261 g/mol. The molecule has 4 heteroatoms. The van der Waals surface area contributed by atoms with E-state index in [1.54, 1.807) is 0 Å². The molecule has 104 valence electrons. The van der Waals surface area contributed by atoms with Crippen LogP contribution in [0.25, 0.3) is 0 Å². The van der Waals surface area contributed by atoms with E-state index in [1.165, 1.54) is 5.56 Å². The number of nitrogen functional groups attached to an aromatic ring is 1. The molecule has 3 N–H and O–H groups in total. The molecule has 2 rings (SSSR count). The number of hydrogen-bond donors (Lipinski definition) is 2. The highest BCUT2D eigenvalue weighted by molar-refractivity contribution is 5.78. The summed E-state index contributed by atoms with van der Waals surface area (Å²) in [7, 11) is 2.00. The summed E-state index contributed by atoms with van der Waals surface area (Å²) in [4.78, 5) is 13.7. The van der Waals surface area contributed by atoms with Crippen LogP contribution in [0.3, 0.4) is 0 Å². The van der Waals surface area contributed by atoms with Crippen LogP contribution in [0.1, 0.15) is 24.8 Å². The number of amides is 1. The number of nitrogens with one attached hydrogen (secondary N) is 1. The molecule has 0 saturated heterocycles. The number of hydrogen-bond acceptors (Lipinski definition) is 3. The van der Waals surface area contributed by atoms with Gasteiger partial charge < -0.3 is 11.1 Å². The van der Waals surface area contributed by atoms with E-state index in [2.05, 4.69) is 22.3 Å². The van der Waals surface area contributed by atoms with Gasteiger partial charge in [0.05, 0.1) is 6.54 Å². The molecule has 1 aliphatic rings. The summed E-state index contributed by atoms with van der Waals surface area (Å²) in [5, 5.41) is 3.00. The number of carbonyl (C=O) groups is 1. The van der Waals surface area contributed by atoms with E-state index in [0.29, 0.717) is 12.6 Å².